The van der Waals surface area contributed by atoms with Gasteiger partial charge in [0.15, 0.2) is 0 Å². The lowest BCUT2D eigenvalue weighted by Gasteiger charge is -2.18. The van der Waals surface area contributed by atoms with Crippen LogP contribution >= 0.6 is 15.9 Å². The Morgan fingerprint density at radius 3 is 2.71 bits per heavy atom. The van der Waals surface area contributed by atoms with Gasteiger partial charge in [0.1, 0.15) is 6.67 Å². The Kier molecular flexibility index (Phi) is 3.56. The van der Waals surface area contributed by atoms with E-state index in [0.29, 0.717) is 23.2 Å². The quantitative estimate of drug-likeness (QED) is 0.800. The van der Waals surface area contributed by atoms with Gasteiger partial charge in [0, 0.05) is 17.9 Å². The average Bonchev–Trinajstić information content (AvgIpc) is 2.74. The number of benzene rings is 1. The van der Waals surface area contributed by atoms with Crippen molar-refractivity contribution in [3.63, 3.8) is 0 Å². The van der Waals surface area contributed by atoms with Gasteiger partial charge in [-0.2, -0.15) is 0 Å². The lowest BCUT2D eigenvalue weighted by atomic mass is 10.1. The number of hydrogen-bond acceptors (Lipinski definition) is 4. The lowest BCUT2D eigenvalue weighted by molar-refractivity contribution is 0.150. The molecule has 1 aromatic carbocycles. The van der Waals surface area contributed by atoms with E-state index in [0.717, 1.165) is 0 Å². The molecule has 4 nitrogen and oxygen atoms in total. The number of alkyl halides is 3. The van der Waals surface area contributed by atoms with E-state index in [9.17, 15) is 8.78 Å². The molecule has 1 aliphatic rings. The third kappa shape index (κ3) is 2.38. The van der Waals surface area contributed by atoms with Crippen LogP contribution in [0.15, 0.2) is 28.6 Å². The van der Waals surface area contributed by atoms with Crippen LogP contribution in [0.2, 0.25) is 0 Å². The molecule has 0 aliphatic carbocycles. The highest BCUT2D eigenvalue weighted by molar-refractivity contribution is 9.08. The highest BCUT2D eigenvalue weighted by Crippen LogP contribution is 2.33. The van der Waals surface area contributed by atoms with Crippen molar-refractivity contribution >= 4 is 21.6 Å². The SMILES string of the molecule is CN1CN(c2cccc(C(F)F)c2CBr)N=N1. The smallest absolute Gasteiger partial charge is 0.258 e. The summed E-state index contributed by atoms with van der Waals surface area (Å²) in [6, 6.07) is 4.80. The Balaban J connectivity index is 2.40. The summed E-state index contributed by atoms with van der Waals surface area (Å²) in [7, 11) is 1.77. The van der Waals surface area contributed by atoms with Gasteiger partial charge in [-0.05, 0) is 16.9 Å². The molecule has 0 saturated carbocycles. The van der Waals surface area contributed by atoms with Gasteiger partial charge < -0.3 is 0 Å². The first kappa shape index (κ1) is 12.2. The van der Waals surface area contributed by atoms with Crippen molar-refractivity contribution in [2.75, 3.05) is 18.7 Å². The number of halogens is 3. The number of rotatable bonds is 3. The molecule has 0 bridgehead atoms. The normalized spacial score (nSPS) is 15.1. The van der Waals surface area contributed by atoms with Gasteiger partial charge in [-0.3, -0.25) is 5.01 Å². The standard InChI is InChI=1S/C10H11BrF2N4/c1-16-6-17(15-14-16)9-4-2-3-7(10(12)13)8(9)5-11/h2-4,10H,5-6H2,1H3. The Morgan fingerprint density at radius 2 is 2.18 bits per heavy atom. The van der Waals surface area contributed by atoms with Crippen LogP contribution in [-0.2, 0) is 5.33 Å². The zero-order chi connectivity index (χ0) is 12.4. The Hall–Kier alpha value is -1.24. The maximum Gasteiger partial charge on any atom is 0.264 e. The summed E-state index contributed by atoms with van der Waals surface area (Å²) in [5.41, 5.74) is 1.24. The van der Waals surface area contributed by atoms with E-state index in [2.05, 4.69) is 26.4 Å². The van der Waals surface area contributed by atoms with Gasteiger partial charge in [-0.25, -0.2) is 13.8 Å². The fraction of sp³-hybridized carbons (Fsp3) is 0.400. The fourth-order valence-corrected chi connectivity index (χ4v) is 2.29. The van der Waals surface area contributed by atoms with Crippen molar-refractivity contribution in [1.82, 2.24) is 5.01 Å². The van der Waals surface area contributed by atoms with E-state index in [1.54, 1.807) is 29.2 Å². The molecule has 7 heteroatoms. The van der Waals surface area contributed by atoms with Crippen LogP contribution in [0.1, 0.15) is 17.6 Å². The van der Waals surface area contributed by atoms with E-state index in [1.807, 2.05) is 0 Å². The molecule has 1 heterocycles. The average molecular weight is 305 g/mol. The second-order valence-electron chi connectivity index (χ2n) is 3.66. The largest absolute Gasteiger partial charge is 0.264 e. The molecule has 0 fully saturated rings. The summed E-state index contributed by atoms with van der Waals surface area (Å²) >= 11 is 3.24. The minimum atomic E-state index is -2.49. The zero-order valence-electron chi connectivity index (χ0n) is 9.15. The second-order valence-corrected chi connectivity index (χ2v) is 4.22. The van der Waals surface area contributed by atoms with Gasteiger partial charge in [-0.15, -0.1) is 0 Å². The summed E-state index contributed by atoms with van der Waals surface area (Å²) in [6.45, 7) is 0.465. The number of hydrogen-bond donors (Lipinski definition) is 0. The molecule has 0 atom stereocenters. The highest BCUT2D eigenvalue weighted by Gasteiger charge is 2.21. The maximum absolute atomic E-state index is 12.9. The minimum absolute atomic E-state index is 0.0316. The van der Waals surface area contributed by atoms with E-state index in [4.69, 9.17) is 0 Å². The monoisotopic (exact) mass is 304 g/mol. The first-order valence-electron chi connectivity index (χ1n) is 4.99. The summed E-state index contributed by atoms with van der Waals surface area (Å²) < 4.78 is 25.7. The molecule has 1 aliphatic heterocycles. The van der Waals surface area contributed by atoms with Crippen molar-refractivity contribution < 1.29 is 8.78 Å². The Morgan fingerprint density at radius 1 is 1.41 bits per heavy atom. The molecule has 1 aromatic rings. The van der Waals surface area contributed by atoms with Crippen LogP contribution < -0.4 is 5.01 Å². The van der Waals surface area contributed by atoms with E-state index < -0.39 is 6.43 Å². The molecule has 0 N–H and O–H groups in total. The minimum Gasteiger partial charge on any atom is -0.258 e. The number of anilines is 1. The molecule has 92 valence electrons. The summed E-state index contributed by atoms with van der Waals surface area (Å²) in [6.07, 6.45) is -2.49. The van der Waals surface area contributed by atoms with Crippen LogP contribution in [0.5, 0.6) is 0 Å². The van der Waals surface area contributed by atoms with Gasteiger partial charge in [0.25, 0.3) is 6.43 Å². The van der Waals surface area contributed by atoms with E-state index in [-0.39, 0.29) is 5.56 Å². The molecule has 2 rings (SSSR count). The van der Waals surface area contributed by atoms with Gasteiger partial charge in [0.05, 0.1) is 5.69 Å². The van der Waals surface area contributed by atoms with Gasteiger partial charge >= 0.3 is 0 Å². The predicted molar refractivity (Wildman–Crippen MR) is 64.0 cm³/mol. The van der Waals surface area contributed by atoms with E-state index >= 15 is 0 Å². The molecule has 0 aromatic heterocycles. The molecule has 0 radical (unpaired) electrons. The first-order valence-corrected chi connectivity index (χ1v) is 6.11. The summed E-state index contributed by atoms with van der Waals surface area (Å²) in [5, 5.41) is 11.3. The molecule has 0 amide bonds. The van der Waals surface area contributed by atoms with Crippen molar-refractivity contribution in [3.8, 4) is 0 Å². The van der Waals surface area contributed by atoms with Crippen LogP contribution in [0, 0.1) is 0 Å². The molecule has 0 spiro atoms. The van der Waals surface area contributed by atoms with Crippen molar-refractivity contribution in [2.24, 2.45) is 10.4 Å². The third-order valence-corrected chi connectivity index (χ3v) is 3.03. The molecule has 0 saturated heterocycles. The van der Waals surface area contributed by atoms with Gasteiger partial charge in [0.2, 0.25) is 0 Å². The van der Waals surface area contributed by atoms with Crippen molar-refractivity contribution in [2.45, 2.75) is 11.8 Å². The Labute approximate surface area is 106 Å². The topological polar surface area (TPSA) is 31.2 Å². The number of nitrogens with zero attached hydrogens (tertiary/aromatic N) is 4. The predicted octanol–water partition coefficient (Wildman–Crippen LogP) is 3.51. The van der Waals surface area contributed by atoms with Crippen LogP contribution in [0.25, 0.3) is 0 Å². The molecular formula is C10H11BrF2N4. The Bertz CT molecular complexity index is 438. The third-order valence-electron chi connectivity index (χ3n) is 2.47. The molecule has 17 heavy (non-hydrogen) atoms. The summed E-state index contributed by atoms with van der Waals surface area (Å²) in [4.78, 5) is 0. The van der Waals surface area contributed by atoms with E-state index in [1.165, 1.54) is 6.07 Å². The molecular weight excluding hydrogens is 294 g/mol. The van der Waals surface area contributed by atoms with Crippen molar-refractivity contribution in [3.05, 3.63) is 29.3 Å². The van der Waals surface area contributed by atoms with Crippen LogP contribution in [-0.4, -0.2) is 18.7 Å². The van der Waals surface area contributed by atoms with Gasteiger partial charge in [-0.1, -0.05) is 33.3 Å². The molecule has 0 unspecified atom stereocenters. The fourth-order valence-electron chi connectivity index (χ4n) is 1.68. The second kappa shape index (κ2) is 4.95. The maximum atomic E-state index is 12.9. The van der Waals surface area contributed by atoms with Crippen molar-refractivity contribution in [1.29, 1.82) is 0 Å². The van der Waals surface area contributed by atoms with Crippen LogP contribution in [0.3, 0.4) is 0 Å². The summed E-state index contributed by atoms with van der Waals surface area (Å²) in [5.74, 6) is 0. The first-order chi connectivity index (χ1) is 8.13. The zero-order valence-corrected chi connectivity index (χ0v) is 10.7. The van der Waals surface area contributed by atoms with Crippen LogP contribution in [0.4, 0.5) is 14.5 Å². The highest BCUT2D eigenvalue weighted by atomic mass is 79.9. The lowest BCUT2D eigenvalue weighted by Crippen LogP contribution is -2.22.